The Kier molecular flexibility index (Phi) is 5.12. The van der Waals surface area contributed by atoms with Gasteiger partial charge in [0, 0.05) is 6.54 Å². The molecule has 1 amide bonds. The fraction of sp³-hybridized carbons (Fsp3) is 0.562. The molecule has 0 aliphatic carbocycles. The molecule has 0 aromatic heterocycles. The molecule has 1 fully saturated rings. The highest BCUT2D eigenvalue weighted by atomic mass is 79.9. The molecule has 0 bridgehead atoms. The lowest BCUT2D eigenvalue weighted by molar-refractivity contribution is 0.0155. The van der Waals surface area contributed by atoms with E-state index >= 15 is 0 Å². The molecule has 0 saturated carbocycles. The summed E-state index contributed by atoms with van der Waals surface area (Å²) in [4.78, 5) is 13.7. The number of hydrogen-bond donors (Lipinski definition) is 1. The number of ether oxygens (including phenoxy) is 1. The molecular weight excluding hydrogens is 353 g/mol. The van der Waals surface area contributed by atoms with Gasteiger partial charge in [0.15, 0.2) is 0 Å². The van der Waals surface area contributed by atoms with Crippen molar-refractivity contribution in [2.24, 2.45) is 0 Å². The number of carbonyl (C=O) groups is 1. The third-order valence-electron chi connectivity index (χ3n) is 3.60. The molecule has 1 aliphatic rings. The van der Waals surface area contributed by atoms with E-state index in [-0.39, 0.29) is 12.2 Å². The second-order valence-electron chi connectivity index (χ2n) is 6.51. The van der Waals surface area contributed by atoms with Gasteiger partial charge in [-0.05, 0) is 61.2 Å². The van der Waals surface area contributed by atoms with Gasteiger partial charge in [0.05, 0.1) is 16.6 Å². The number of hydrogen-bond acceptors (Lipinski definition) is 3. The second kappa shape index (κ2) is 6.54. The molecule has 2 atom stereocenters. The van der Waals surface area contributed by atoms with Crippen LogP contribution in [0.4, 0.5) is 9.18 Å². The Morgan fingerprint density at radius 1 is 1.50 bits per heavy atom. The van der Waals surface area contributed by atoms with Gasteiger partial charge in [0.1, 0.15) is 11.4 Å². The van der Waals surface area contributed by atoms with Crippen LogP contribution in [0.15, 0.2) is 22.7 Å². The Morgan fingerprint density at radius 3 is 2.82 bits per heavy atom. The molecule has 0 radical (unpaired) electrons. The molecule has 1 aromatic carbocycles. The topological polar surface area (TPSA) is 49.8 Å². The number of likely N-dealkylation sites (tertiary alicyclic amines) is 1. The van der Waals surface area contributed by atoms with Gasteiger partial charge in [-0.2, -0.15) is 0 Å². The van der Waals surface area contributed by atoms with Gasteiger partial charge in [0.25, 0.3) is 0 Å². The SMILES string of the molecule is CC(C)(C)OC(=O)N1CCC(O)C1Cc1cccc(Br)c1F. The lowest BCUT2D eigenvalue weighted by Crippen LogP contribution is -2.43. The smallest absolute Gasteiger partial charge is 0.410 e. The highest BCUT2D eigenvalue weighted by molar-refractivity contribution is 9.10. The van der Waals surface area contributed by atoms with Crippen LogP contribution >= 0.6 is 15.9 Å². The van der Waals surface area contributed by atoms with Crippen molar-refractivity contribution in [3.05, 3.63) is 34.1 Å². The molecule has 1 heterocycles. The van der Waals surface area contributed by atoms with Crippen LogP contribution < -0.4 is 0 Å². The Bertz CT molecular complexity index is 559. The normalized spacial score (nSPS) is 22.0. The highest BCUT2D eigenvalue weighted by Crippen LogP contribution is 2.27. The van der Waals surface area contributed by atoms with Crippen molar-refractivity contribution < 1.29 is 19.0 Å². The van der Waals surface area contributed by atoms with E-state index < -0.39 is 23.8 Å². The van der Waals surface area contributed by atoms with E-state index in [0.717, 1.165) is 0 Å². The van der Waals surface area contributed by atoms with Gasteiger partial charge >= 0.3 is 6.09 Å². The van der Waals surface area contributed by atoms with Gasteiger partial charge in [0.2, 0.25) is 0 Å². The van der Waals surface area contributed by atoms with Crippen LogP contribution in [0.5, 0.6) is 0 Å². The zero-order valence-electron chi connectivity index (χ0n) is 13.0. The molecular formula is C16H21BrFNO3. The Labute approximate surface area is 138 Å². The van der Waals surface area contributed by atoms with Gasteiger partial charge in [-0.3, -0.25) is 0 Å². The van der Waals surface area contributed by atoms with Crippen molar-refractivity contribution in [2.45, 2.75) is 51.4 Å². The fourth-order valence-corrected chi connectivity index (χ4v) is 2.97. The van der Waals surface area contributed by atoms with Crippen LogP contribution in [0.2, 0.25) is 0 Å². The first-order valence-electron chi connectivity index (χ1n) is 7.29. The molecule has 1 saturated heterocycles. The van der Waals surface area contributed by atoms with Crippen LogP contribution in [0, 0.1) is 5.82 Å². The summed E-state index contributed by atoms with van der Waals surface area (Å²) in [5, 5.41) is 10.1. The number of amides is 1. The predicted molar refractivity (Wildman–Crippen MR) is 85.2 cm³/mol. The monoisotopic (exact) mass is 373 g/mol. The summed E-state index contributed by atoms with van der Waals surface area (Å²) in [6.07, 6.45) is -0.416. The molecule has 6 heteroatoms. The summed E-state index contributed by atoms with van der Waals surface area (Å²) in [6, 6.07) is 4.55. The third-order valence-corrected chi connectivity index (χ3v) is 4.21. The van der Waals surface area contributed by atoms with Crippen molar-refractivity contribution in [2.75, 3.05) is 6.54 Å². The lowest BCUT2D eigenvalue weighted by atomic mass is 10.0. The van der Waals surface area contributed by atoms with E-state index in [0.29, 0.717) is 23.0 Å². The van der Waals surface area contributed by atoms with Gasteiger partial charge in [-0.25, -0.2) is 9.18 Å². The number of aliphatic hydroxyl groups is 1. The summed E-state index contributed by atoms with van der Waals surface area (Å²) in [5.74, 6) is -0.356. The fourth-order valence-electron chi connectivity index (χ4n) is 2.56. The molecule has 1 aromatic rings. The molecule has 1 N–H and O–H groups in total. The number of nitrogens with zero attached hydrogens (tertiary/aromatic N) is 1. The first kappa shape index (κ1) is 17.2. The maximum absolute atomic E-state index is 14.1. The molecule has 1 aliphatic heterocycles. The number of aliphatic hydroxyl groups excluding tert-OH is 1. The first-order chi connectivity index (χ1) is 10.2. The Morgan fingerprint density at radius 2 is 2.18 bits per heavy atom. The van der Waals surface area contributed by atoms with Gasteiger partial charge in [-0.1, -0.05) is 12.1 Å². The van der Waals surface area contributed by atoms with Crippen molar-refractivity contribution in [1.82, 2.24) is 4.90 Å². The maximum Gasteiger partial charge on any atom is 0.410 e. The van der Waals surface area contributed by atoms with Crippen molar-refractivity contribution in [3.63, 3.8) is 0 Å². The van der Waals surface area contributed by atoms with Crippen molar-refractivity contribution in [1.29, 1.82) is 0 Å². The van der Waals surface area contributed by atoms with Crippen molar-refractivity contribution >= 4 is 22.0 Å². The number of rotatable bonds is 2. The van der Waals surface area contributed by atoms with Gasteiger partial charge in [-0.15, -0.1) is 0 Å². The zero-order valence-corrected chi connectivity index (χ0v) is 14.6. The van der Waals surface area contributed by atoms with E-state index in [1.165, 1.54) is 4.90 Å². The largest absolute Gasteiger partial charge is 0.444 e. The van der Waals surface area contributed by atoms with Crippen LogP contribution in [-0.2, 0) is 11.2 Å². The van der Waals surface area contributed by atoms with E-state index in [1.807, 2.05) is 0 Å². The number of halogens is 2. The quantitative estimate of drug-likeness (QED) is 0.862. The van der Waals surface area contributed by atoms with Gasteiger partial charge < -0.3 is 14.7 Å². The molecule has 4 nitrogen and oxygen atoms in total. The standard InChI is InChI=1S/C16H21BrFNO3/c1-16(2,3)22-15(21)19-8-7-13(20)12(19)9-10-5-4-6-11(17)14(10)18/h4-6,12-13,20H,7-9H2,1-3H3. The lowest BCUT2D eigenvalue weighted by Gasteiger charge is -2.29. The average Bonchev–Trinajstić information content (AvgIpc) is 2.75. The molecule has 0 spiro atoms. The van der Waals surface area contributed by atoms with E-state index in [4.69, 9.17) is 4.74 Å². The van der Waals surface area contributed by atoms with E-state index in [9.17, 15) is 14.3 Å². The minimum Gasteiger partial charge on any atom is -0.444 e. The minimum atomic E-state index is -0.675. The van der Waals surface area contributed by atoms with E-state index in [1.54, 1.807) is 39.0 Å². The maximum atomic E-state index is 14.1. The summed E-state index contributed by atoms with van der Waals surface area (Å²) in [7, 11) is 0. The highest BCUT2D eigenvalue weighted by Gasteiger charge is 2.38. The number of carbonyl (C=O) groups excluding carboxylic acids is 1. The Hall–Kier alpha value is -1.14. The first-order valence-corrected chi connectivity index (χ1v) is 8.09. The van der Waals surface area contributed by atoms with E-state index in [2.05, 4.69) is 15.9 Å². The number of benzene rings is 1. The third kappa shape index (κ3) is 3.98. The van der Waals surface area contributed by atoms with Crippen LogP contribution in [-0.4, -0.2) is 40.4 Å². The molecule has 2 rings (SSSR count). The molecule has 2 unspecified atom stereocenters. The van der Waals surface area contributed by atoms with Crippen LogP contribution in [0.1, 0.15) is 32.8 Å². The zero-order chi connectivity index (χ0) is 16.5. The van der Waals surface area contributed by atoms with Crippen LogP contribution in [0.3, 0.4) is 0 Å². The van der Waals surface area contributed by atoms with Crippen molar-refractivity contribution in [3.8, 4) is 0 Å². The summed E-state index contributed by atoms with van der Waals surface area (Å²) < 4.78 is 19.9. The summed E-state index contributed by atoms with van der Waals surface area (Å²) in [6.45, 7) is 5.79. The predicted octanol–water partition coefficient (Wildman–Crippen LogP) is 3.50. The molecule has 22 heavy (non-hydrogen) atoms. The molecule has 122 valence electrons. The van der Waals surface area contributed by atoms with Crippen LogP contribution in [0.25, 0.3) is 0 Å². The Balaban J connectivity index is 2.16. The summed E-state index contributed by atoms with van der Waals surface area (Å²) in [5.41, 5.74) is -0.134. The minimum absolute atomic E-state index is 0.256. The summed E-state index contributed by atoms with van der Waals surface area (Å²) >= 11 is 3.15. The second-order valence-corrected chi connectivity index (χ2v) is 7.37. The average molecular weight is 374 g/mol.